The number of aromatic nitrogens is 1. The maximum atomic E-state index is 13.8. The minimum absolute atomic E-state index is 0.122. The summed E-state index contributed by atoms with van der Waals surface area (Å²) >= 11 is 0. The van der Waals surface area contributed by atoms with Crippen molar-refractivity contribution in [1.29, 1.82) is 0 Å². The van der Waals surface area contributed by atoms with E-state index in [-0.39, 0.29) is 22.5 Å². The number of aliphatic hydroxyl groups is 1. The Morgan fingerprint density at radius 3 is 2.45 bits per heavy atom. The van der Waals surface area contributed by atoms with Crippen LogP contribution in [-0.2, 0) is 9.59 Å². The number of carbonyl (C=O) groups excluding carboxylic acids is 2. The van der Waals surface area contributed by atoms with Gasteiger partial charge in [0.05, 0.1) is 16.5 Å². The van der Waals surface area contributed by atoms with Crippen LogP contribution in [0.2, 0.25) is 0 Å². The molecule has 31 heavy (non-hydrogen) atoms. The molecule has 1 fully saturated rings. The number of carbonyl (C=O) groups is 2. The lowest BCUT2D eigenvalue weighted by atomic mass is 9.96. The lowest BCUT2D eigenvalue weighted by Gasteiger charge is -2.25. The number of pyridine rings is 1. The van der Waals surface area contributed by atoms with Crippen LogP contribution in [0.15, 0.2) is 78.6 Å². The molecule has 0 spiro atoms. The number of hydrogen-bond donors (Lipinski definition) is 1. The van der Waals surface area contributed by atoms with Crippen LogP contribution in [0.1, 0.15) is 17.2 Å². The molecule has 1 saturated heterocycles. The lowest BCUT2D eigenvalue weighted by Crippen LogP contribution is -2.29. The van der Waals surface area contributed by atoms with Crippen LogP contribution in [0.3, 0.4) is 0 Å². The third-order valence-electron chi connectivity index (χ3n) is 4.88. The van der Waals surface area contributed by atoms with Crippen LogP contribution >= 0.6 is 0 Å². The molecule has 0 saturated carbocycles. The van der Waals surface area contributed by atoms with E-state index in [2.05, 4.69) is 4.98 Å². The Labute approximate surface area is 175 Å². The van der Waals surface area contributed by atoms with Gasteiger partial charge in [0.1, 0.15) is 11.6 Å². The zero-order chi connectivity index (χ0) is 22.1. The smallest absolute Gasteiger partial charge is 0.300 e. The number of non-ortho nitro benzene ring substituents is 1. The monoisotopic (exact) mass is 419 g/mol. The number of ketones is 1. The van der Waals surface area contributed by atoms with E-state index >= 15 is 0 Å². The Balaban J connectivity index is 1.91. The second-order valence-electron chi connectivity index (χ2n) is 6.74. The van der Waals surface area contributed by atoms with Crippen LogP contribution in [-0.4, -0.2) is 26.7 Å². The second kappa shape index (κ2) is 7.79. The maximum absolute atomic E-state index is 13.8. The highest BCUT2D eigenvalue weighted by Gasteiger charge is 2.47. The van der Waals surface area contributed by atoms with Gasteiger partial charge in [-0.05, 0) is 42.0 Å². The first kappa shape index (κ1) is 19.9. The van der Waals surface area contributed by atoms with Crippen molar-refractivity contribution in [3.8, 4) is 0 Å². The Hall–Kier alpha value is -4.40. The maximum Gasteiger partial charge on any atom is 0.300 e. The second-order valence-corrected chi connectivity index (χ2v) is 6.74. The normalized spacial score (nSPS) is 17.7. The Morgan fingerprint density at radius 1 is 1.10 bits per heavy atom. The largest absolute Gasteiger partial charge is 0.507 e. The molecule has 3 aromatic rings. The summed E-state index contributed by atoms with van der Waals surface area (Å²) in [5.41, 5.74) is 0.265. The summed E-state index contributed by atoms with van der Waals surface area (Å²) in [5, 5.41) is 21.8. The fourth-order valence-corrected chi connectivity index (χ4v) is 3.47. The van der Waals surface area contributed by atoms with Gasteiger partial charge >= 0.3 is 0 Å². The van der Waals surface area contributed by atoms with Gasteiger partial charge in [0, 0.05) is 35.8 Å². The first-order valence-electron chi connectivity index (χ1n) is 9.10. The van der Waals surface area contributed by atoms with Gasteiger partial charge in [-0.1, -0.05) is 12.1 Å². The molecule has 1 N–H and O–H groups in total. The van der Waals surface area contributed by atoms with Gasteiger partial charge in [0.15, 0.2) is 0 Å². The van der Waals surface area contributed by atoms with E-state index in [1.807, 2.05) is 0 Å². The van der Waals surface area contributed by atoms with E-state index < -0.39 is 34.2 Å². The quantitative estimate of drug-likeness (QED) is 0.226. The number of rotatable bonds is 4. The standard InChI is InChI=1S/C22H14FN3O5/c23-15-4-1-5-17(11-15)25-19(14-3-2-10-24-12-14)18(21(28)22(25)29)20(27)13-6-8-16(9-7-13)26(30)31/h1-12,19,27H/b20-18+. The minimum Gasteiger partial charge on any atom is -0.507 e. The van der Waals surface area contributed by atoms with E-state index in [0.29, 0.717) is 5.56 Å². The van der Waals surface area contributed by atoms with E-state index in [9.17, 15) is 29.2 Å². The van der Waals surface area contributed by atoms with Gasteiger partial charge in [-0.2, -0.15) is 0 Å². The fourth-order valence-electron chi connectivity index (χ4n) is 3.47. The highest BCUT2D eigenvalue weighted by molar-refractivity contribution is 6.51. The SMILES string of the molecule is O=C1C(=O)N(c2cccc(F)c2)C(c2cccnc2)/C1=C(\O)c1ccc([N+](=O)[O-])cc1. The highest BCUT2D eigenvalue weighted by atomic mass is 19.1. The van der Waals surface area contributed by atoms with Crippen molar-refractivity contribution in [2.45, 2.75) is 6.04 Å². The summed E-state index contributed by atoms with van der Waals surface area (Å²) in [6, 6.07) is 12.3. The molecule has 4 rings (SSSR count). The highest BCUT2D eigenvalue weighted by Crippen LogP contribution is 2.42. The summed E-state index contributed by atoms with van der Waals surface area (Å²) < 4.78 is 13.8. The molecule has 1 unspecified atom stereocenters. The molecule has 154 valence electrons. The topological polar surface area (TPSA) is 114 Å². The zero-order valence-corrected chi connectivity index (χ0v) is 15.8. The van der Waals surface area contributed by atoms with Crippen LogP contribution in [0.25, 0.3) is 5.76 Å². The molecule has 2 aromatic carbocycles. The number of nitrogens with zero attached hydrogens (tertiary/aromatic N) is 3. The summed E-state index contributed by atoms with van der Waals surface area (Å²) in [5.74, 6) is -3.00. The fraction of sp³-hybridized carbons (Fsp3) is 0.0455. The summed E-state index contributed by atoms with van der Waals surface area (Å²) in [6.07, 6.45) is 2.94. The Kier molecular flexibility index (Phi) is 5.00. The third-order valence-corrected chi connectivity index (χ3v) is 4.88. The average molecular weight is 419 g/mol. The predicted molar refractivity (Wildman–Crippen MR) is 109 cm³/mol. The molecule has 2 heterocycles. The molecule has 0 aliphatic carbocycles. The summed E-state index contributed by atoms with van der Waals surface area (Å²) in [7, 11) is 0. The molecule has 1 amide bonds. The van der Waals surface area contributed by atoms with E-state index in [0.717, 1.165) is 11.0 Å². The number of benzene rings is 2. The van der Waals surface area contributed by atoms with Crippen molar-refractivity contribution in [1.82, 2.24) is 4.98 Å². The first-order chi connectivity index (χ1) is 14.9. The number of hydrogen-bond acceptors (Lipinski definition) is 6. The van der Waals surface area contributed by atoms with E-state index in [1.54, 1.807) is 12.1 Å². The number of amides is 1. The molecule has 1 aromatic heterocycles. The van der Waals surface area contributed by atoms with Gasteiger partial charge in [-0.15, -0.1) is 0 Å². The molecule has 0 radical (unpaired) electrons. The molecule has 8 nitrogen and oxygen atoms in total. The van der Waals surface area contributed by atoms with Crippen molar-refractivity contribution in [2.24, 2.45) is 0 Å². The number of anilines is 1. The number of aliphatic hydroxyl groups excluding tert-OH is 1. The van der Waals surface area contributed by atoms with Crippen molar-refractivity contribution in [2.75, 3.05) is 4.90 Å². The van der Waals surface area contributed by atoms with Crippen LogP contribution < -0.4 is 4.90 Å². The van der Waals surface area contributed by atoms with Gasteiger partial charge in [-0.25, -0.2) is 4.39 Å². The number of halogens is 1. The molecular formula is C22H14FN3O5. The molecule has 0 bridgehead atoms. The third kappa shape index (κ3) is 3.52. The summed E-state index contributed by atoms with van der Waals surface area (Å²) in [4.78, 5) is 41.2. The number of nitro groups is 1. The molecule has 1 aliphatic heterocycles. The predicted octanol–water partition coefficient (Wildman–Crippen LogP) is 3.76. The van der Waals surface area contributed by atoms with Crippen molar-refractivity contribution in [3.63, 3.8) is 0 Å². The van der Waals surface area contributed by atoms with Gasteiger partial charge in [0.2, 0.25) is 0 Å². The average Bonchev–Trinajstić information content (AvgIpc) is 3.04. The first-order valence-corrected chi connectivity index (χ1v) is 9.10. The number of nitro benzene ring substituents is 1. The number of Topliss-reactive ketones (excluding diaryl/α,β-unsaturated/α-hetero) is 1. The lowest BCUT2D eigenvalue weighted by molar-refractivity contribution is -0.384. The molecule has 9 heteroatoms. The van der Waals surface area contributed by atoms with Crippen molar-refractivity contribution in [3.05, 3.63) is 106 Å². The Morgan fingerprint density at radius 2 is 1.84 bits per heavy atom. The van der Waals surface area contributed by atoms with Crippen LogP contribution in [0, 0.1) is 15.9 Å². The molecule has 1 atom stereocenters. The molecular weight excluding hydrogens is 405 g/mol. The van der Waals surface area contributed by atoms with Gasteiger partial charge in [0.25, 0.3) is 17.4 Å². The summed E-state index contributed by atoms with van der Waals surface area (Å²) in [6.45, 7) is 0. The van der Waals surface area contributed by atoms with Gasteiger partial charge in [-0.3, -0.25) is 29.6 Å². The van der Waals surface area contributed by atoms with E-state index in [1.165, 1.54) is 54.9 Å². The van der Waals surface area contributed by atoms with Crippen molar-refractivity contribution >= 4 is 28.8 Å². The molecule has 1 aliphatic rings. The van der Waals surface area contributed by atoms with Crippen molar-refractivity contribution < 1.29 is 24.0 Å². The van der Waals surface area contributed by atoms with Crippen LogP contribution in [0.5, 0.6) is 0 Å². The zero-order valence-electron chi connectivity index (χ0n) is 15.8. The minimum atomic E-state index is -1.06. The van der Waals surface area contributed by atoms with Gasteiger partial charge < -0.3 is 5.11 Å². The van der Waals surface area contributed by atoms with Crippen LogP contribution in [0.4, 0.5) is 15.8 Å². The van der Waals surface area contributed by atoms with E-state index in [4.69, 9.17) is 0 Å². The Bertz CT molecular complexity index is 1230.